The Morgan fingerprint density at radius 1 is 1.38 bits per heavy atom. The average Bonchev–Trinajstić information content (AvgIpc) is 2.50. The predicted octanol–water partition coefficient (Wildman–Crippen LogP) is 3.47. The molecule has 0 saturated carbocycles. The first-order valence-corrected chi connectivity index (χ1v) is 7.06. The second-order valence-electron chi connectivity index (χ2n) is 4.86. The summed E-state index contributed by atoms with van der Waals surface area (Å²) in [6.45, 7) is 1.98. The van der Waals surface area contributed by atoms with Crippen LogP contribution in [-0.4, -0.2) is 24.0 Å². The lowest BCUT2D eigenvalue weighted by Gasteiger charge is -2.11. The van der Waals surface area contributed by atoms with Crippen LogP contribution in [0, 0.1) is 10.1 Å². The molecule has 1 atom stereocenters. The summed E-state index contributed by atoms with van der Waals surface area (Å²) in [5.41, 5.74) is 1.16. The van der Waals surface area contributed by atoms with E-state index >= 15 is 0 Å². The van der Waals surface area contributed by atoms with Gasteiger partial charge in [0.2, 0.25) is 6.04 Å². The summed E-state index contributed by atoms with van der Waals surface area (Å²) in [5, 5.41) is 11.1. The number of carbonyl (C=O) groups excluding carboxylic acids is 1. The number of hydrogen-bond donors (Lipinski definition) is 0. The highest BCUT2D eigenvalue weighted by Crippen LogP contribution is 2.18. The van der Waals surface area contributed by atoms with E-state index in [9.17, 15) is 14.9 Å². The van der Waals surface area contributed by atoms with Gasteiger partial charge >= 0.3 is 5.97 Å². The third-order valence-electron chi connectivity index (χ3n) is 3.23. The van der Waals surface area contributed by atoms with Gasteiger partial charge in [-0.05, 0) is 18.1 Å². The second-order valence-corrected chi connectivity index (χ2v) is 4.86. The fraction of sp³-hybridized carbons (Fsp3) is 0.438. The minimum Gasteiger partial charge on any atom is -0.466 e. The van der Waals surface area contributed by atoms with Crippen LogP contribution in [0.2, 0.25) is 0 Å². The Balaban J connectivity index is 2.94. The standard InChI is InChI=1S/C16H21NO4/c1-3-4-10-15(17(19)20)12-14(16(18)21-2)11-13-8-6-5-7-9-13/h5-9,11,15H,3-4,10,12H2,1-2H3/b14-11-. The Morgan fingerprint density at radius 2 is 2.05 bits per heavy atom. The van der Waals surface area contributed by atoms with E-state index in [1.165, 1.54) is 7.11 Å². The second kappa shape index (κ2) is 8.89. The molecular formula is C16H21NO4. The van der Waals surface area contributed by atoms with Crippen molar-refractivity contribution < 1.29 is 14.5 Å². The third-order valence-corrected chi connectivity index (χ3v) is 3.23. The fourth-order valence-corrected chi connectivity index (χ4v) is 2.06. The summed E-state index contributed by atoms with van der Waals surface area (Å²) in [6, 6.07) is 8.51. The summed E-state index contributed by atoms with van der Waals surface area (Å²) in [4.78, 5) is 22.7. The van der Waals surface area contributed by atoms with E-state index in [-0.39, 0.29) is 11.3 Å². The molecule has 0 saturated heterocycles. The SMILES string of the molecule is CCCCC(C/C(=C/c1ccccc1)C(=O)OC)[N+](=O)[O-]. The lowest BCUT2D eigenvalue weighted by molar-refractivity contribution is -0.522. The molecule has 5 heteroatoms. The van der Waals surface area contributed by atoms with Crippen LogP contribution in [0.5, 0.6) is 0 Å². The van der Waals surface area contributed by atoms with Crippen LogP contribution in [0.3, 0.4) is 0 Å². The molecule has 0 radical (unpaired) electrons. The van der Waals surface area contributed by atoms with Gasteiger partial charge in [-0.3, -0.25) is 10.1 Å². The molecule has 0 aliphatic heterocycles. The Morgan fingerprint density at radius 3 is 2.57 bits per heavy atom. The van der Waals surface area contributed by atoms with E-state index in [1.807, 2.05) is 37.3 Å². The number of esters is 1. The summed E-state index contributed by atoms with van der Waals surface area (Å²) in [7, 11) is 1.29. The van der Waals surface area contributed by atoms with Crippen molar-refractivity contribution in [2.75, 3.05) is 7.11 Å². The normalized spacial score (nSPS) is 12.8. The van der Waals surface area contributed by atoms with Crippen molar-refractivity contribution in [2.45, 2.75) is 38.6 Å². The van der Waals surface area contributed by atoms with Crippen LogP contribution in [0.4, 0.5) is 0 Å². The van der Waals surface area contributed by atoms with Gasteiger partial charge in [0.1, 0.15) is 0 Å². The van der Waals surface area contributed by atoms with Crippen LogP contribution in [-0.2, 0) is 9.53 Å². The molecule has 0 N–H and O–H groups in total. The van der Waals surface area contributed by atoms with Gasteiger partial charge in [0.15, 0.2) is 0 Å². The lowest BCUT2D eigenvalue weighted by atomic mass is 9.99. The molecule has 1 aromatic rings. The zero-order valence-corrected chi connectivity index (χ0v) is 12.5. The van der Waals surface area contributed by atoms with Crippen molar-refractivity contribution in [2.24, 2.45) is 0 Å². The first-order chi connectivity index (χ1) is 10.1. The van der Waals surface area contributed by atoms with E-state index in [1.54, 1.807) is 6.08 Å². The molecular weight excluding hydrogens is 270 g/mol. The van der Waals surface area contributed by atoms with Gasteiger partial charge in [0.05, 0.1) is 7.11 Å². The van der Waals surface area contributed by atoms with Crippen LogP contribution in [0.25, 0.3) is 6.08 Å². The number of nitrogens with zero attached hydrogens (tertiary/aromatic N) is 1. The minimum absolute atomic E-state index is 0.0918. The van der Waals surface area contributed by atoms with Crippen molar-refractivity contribution in [1.29, 1.82) is 0 Å². The molecule has 21 heavy (non-hydrogen) atoms. The Labute approximate surface area is 124 Å². The van der Waals surface area contributed by atoms with Crippen molar-refractivity contribution in [3.8, 4) is 0 Å². The van der Waals surface area contributed by atoms with E-state index in [2.05, 4.69) is 0 Å². The highest BCUT2D eigenvalue weighted by Gasteiger charge is 2.24. The van der Waals surface area contributed by atoms with Gasteiger partial charge in [0.25, 0.3) is 0 Å². The molecule has 0 aromatic heterocycles. The number of benzene rings is 1. The van der Waals surface area contributed by atoms with E-state index in [4.69, 9.17) is 4.74 Å². The van der Waals surface area contributed by atoms with Gasteiger partial charge < -0.3 is 4.74 Å². The first kappa shape index (κ1) is 16.9. The van der Waals surface area contributed by atoms with E-state index in [0.717, 1.165) is 18.4 Å². The quantitative estimate of drug-likeness (QED) is 0.318. The number of rotatable bonds is 8. The third kappa shape index (κ3) is 5.77. The highest BCUT2D eigenvalue weighted by atomic mass is 16.6. The molecule has 1 unspecified atom stereocenters. The van der Waals surface area contributed by atoms with Crippen LogP contribution in [0.15, 0.2) is 35.9 Å². The lowest BCUT2D eigenvalue weighted by Crippen LogP contribution is -2.22. The molecule has 0 fully saturated rings. The maximum absolute atomic E-state index is 11.8. The molecule has 0 aliphatic carbocycles. The number of nitro groups is 1. The summed E-state index contributed by atoms with van der Waals surface area (Å²) in [6.07, 6.45) is 3.88. The van der Waals surface area contributed by atoms with Gasteiger partial charge in [-0.1, -0.05) is 43.7 Å². The summed E-state index contributed by atoms with van der Waals surface area (Å²) < 4.78 is 4.74. The zero-order chi connectivity index (χ0) is 15.7. The van der Waals surface area contributed by atoms with Crippen molar-refractivity contribution >= 4 is 12.0 Å². The van der Waals surface area contributed by atoms with Gasteiger partial charge in [-0.2, -0.15) is 0 Å². The molecule has 0 heterocycles. The van der Waals surface area contributed by atoms with Gasteiger partial charge in [-0.25, -0.2) is 4.79 Å². The van der Waals surface area contributed by atoms with Crippen LogP contribution >= 0.6 is 0 Å². The van der Waals surface area contributed by atoms with Crippen molar-refractivity contribution in [3.63, 3.8) is 0 Å². The topological polar surface area (TPSA) is 69.4 Å². The number of ether oxygens (including phenoxy) is 1. The molecule has 1 aromatic carbocycles. The monoisotopic (exact) mass is 291 g/mol. The molecule has 1 rings (SSSR count). The number of methoxy groups -OCH3 is 1. The Kier molecular flexibility index (Phi) is 7.15. The summed E-state index contributed by atoms with van der Waals surface area (Å²) >= 11 is 0. The fourth-order valence-electron chi connectivity index (χ4n) is 2.06. The smallest absolute Gasteiger partial charge is 0.334 e. The largest absolute Gasteiger partial charge is 0.466 e. The van der Waals surface area contributed by atoms with Crippen LogP contribution < -0.4 is 0 Å². The molecule has 0 amide bonds. The van der Waals surface area contributed by atoms with Crippen molar-refractivity contribution in [1.82, 2.24) is 0 Å². The van der Waals surface area contributed by atoms with Gasteiger partial charge in [0, 0.05) is 23.3 Å². The molecule has 0 bridgehead atoms. The molecule has 0 aliphatic rings. The molecule has 5 nitrogen and oxygen atoms in total. The number of carbonyl (C=O) groups is 1. The maximum Gasteiger partial charge on any atom is 0.334 e. The van der Waals surface area contributed by atoms with Crippen molar-refractivity contribution in [3.05, 3.63) is 51.6 Å². The number of unbranched alkanes of at least 4 members (excludes halogenated alkanes) is 1. The zero-order valence-electron chi connectivity index (χ0n) is 12.5. The molecule has 0 spiro atoms. The average molecular weight is 291 g/mol. The highest BCUT2D eigenvalue weighted by molar-refractivity contribution is 5.93. The number of hydrogen-bond acceptors (Lipinski definition) is 4. The predicted molar refractivity (Wildman–Crippen MR) is 81.4 cm³/mol. The van der Waals surface area contributed by atoms with Gasteiger partial charge in [-0.15, -0.1) is 0 Å². The Hall–Kier alpha value is -2.17. The summed E-state index contributed by atoms with van der Waals surface area (Å²) in [5.74, 6) is -0.512. The minimum atomic E-state index is -0.751. The Bertz CT molecular complexity index is 496. The van der Waals surface area contributed by atoms with E-state index in [0.29, 0.717) is 12.0 Å². The molecule has 114 valence electrons. The van der Waals surface area contributed by atoms with Crippen LogP contribution in [0.1, 0.15) is 38.2 Å². The van der Waals surface area contributed by atoms with E-state index < -0.39 is 12.0 Å². The first-order valence-electron chi connectivity index (χ1n) is 7.06. The maximum atomic E-state index is 11.8.